The van der Waals surface area contributed by atoms with Gasteiger partial charge in [0.1, 0.15) is 12.4 Å². The summed E-state index contributed by atoms with van der Waals surface area (Å²) in [5.41, 5.74) is 5.15. The third-order valence-corrected chi connectivity index (χ3v) is 4.81. The van der Waals surface area contributed by atoms with Crippen LogP contribution in [0.2, 0.25) is 0 Å². The Bertz CT molecular complexity index is 888. The van der Waals surface area contributed by atoms with Gasteiger partial charge in [-0.15, -0.1) is 11.3 Å². The molecule has 2 heterocycles. The summed E-state index contributed by atoms with van der Waals surface area (Å²) in [6, 6.07) is 6.10. The van der Waals surface area contributed by atoms with E-state index >= 15 is 0 Å². The number of anilines is 1. The van der Waals surface area contributed by atoms with E-state index in [1.54, 1.807) is 17.1 Å². The van der Waals surface area contributed by atoms with Gasteiger partial charge in [0.25, 0.3) is 5.91 Å². The number of aromatic nitrogens is 2. The molecule has 0 atom stereocenters. The van der Waals surface area contributed by atoms with Crippen molar-refractivity contribution in [2.24, 2.45) is 7.05 Å². The summed E-state index contributed by atoms with van der Waals surface area (Å²) in [6.45, 7) is 6.63. The SMILES string of the molecule is Cc1cc(C)c(OCc2csc(C(=O)Nc3cnn(C)c3)c2)c(C)c1. The fourth-order valence-electron chi connectivity index (χ4n) is 2.80. The van der Waals surface area contributed by atoms with Crippen LogP contribution in [0.15, 0.2) is 36.0 Å². The molecule has 0 unspecified atom stereocenters. The highest BCUT2D eigenvalue weighted by Crippen LogP contribution is 2.26. The average Bonchev–Trinajstić information content (AvgIpc) is 3.15. The number of carbonyl (C=O) groups is 1. The first-order valence-corrected chi connectivity index (χ1v) is 8.88. The standard InChI is InChI=1S/C19H21N3O2S/c1-12-5-13(2)18(14(3)6-12)24-10-15-7-17(25-11-15)19(23)21-16-8-20-22(4)9-16/h5-9,11H,10H2,1-4H3,(H,21,23). The van der Waals surface area contributed by atoms with Gasteiger partial charge >= 0.3 is 0 Å². The number of nitrogens with one attached hydrogen (secondary N) is 1. The van der Waals surface area contributed by atoms with E-state index in [-0.39, 0.29) is 5.91 Å². The Morgan fingerprint density at radius 3 is 2.60 bits per heavy atom. The van der Waals surface area contributed by atoms with Crippen molar-refractivity contribution in [2.45, 2.75) is 27.4 Å². The summed E-state index contributed by atoms with van der Waals surface area (Å²) < 4.78 is 7.63. The van der Waals surface area contributed by atoms with E-state index in [9.17, 15) is 4.79 Å². The Labute approximate surface area is 151 Å². The number of hydrogen-bond acceptors (Lipinski definition) is 4. The number of aryl methyl sites for hydroxylation is 4. The molecule has 0 fully saturated rings. The molecule has 0 radical (unpaired) electrons. The van der Waals surface area contributed by atoms with Gasteiger partial charge in [-0.25, -0.2) is 0 Å². The molecule has 25 heavy (non-hydrogen) atoms. The summed E-state index contributed by atoms with van der Waals surface area (Å²) in [5, 5.41) is 8.83. The second-order valence-corrected chi connectivity index (χ2v) is 7.10. The van der Waals surface area contributed by atoms with Gasteiger partial charge in [0, 0.05) is 18.8 Å². The maximum absolute atomic E-state index is 12.3. The van der Waals surface area contributed by atoms with Crippen molar-refractivity contribution in [3.8, 4) is 5.75 Å². The van der Waals surface area contributed by atoms with E-state index in [0.29, 0.717) is 17.2 Å². The Kier molecular flexibility index (Phi) is 4.90. The van der Waals surface area contributed by atoms with Crippen molar-refractivity contribution in [1.29, 1.82) is 0 Å². The lowest BCUT2D eigenvalue weighted by atomic mass is 10.1. The maximum Gasteiger partial charge on any atom is 0.265 e. The predicted octanol–water partition coefficient (Wildman–Crippen LogP) is 4.24. The highest BCUT2D eigenvalue weighted by Gasteiger charge is 2.12. The van der Waals surface area contributed by atoms with Gasteiger partial charge in [-0.1, -0.05) is 17.7 Å². The Hall–Kier alpha value is -2.60. The van der Waals surface area contributed by atoms with Gasteiger partial charge in [0.05, 0.1) is 16.8 Å². The first kappa shape index (κ1) is 17.2. The maximum atomic E-state index is 12.3. The third kappa shape index (κ3) is 4.09. The monoisotopic (exact) mass is 355 g/mol. The smallest absolute Gasteiger partial charge is 0.265 e. The molecule has 3 aromatic rings. The fourth-order valence-corrected chi connectivity index (χ4v) is 3.59. The molecule has 0 aliphatic carbocycles. The zero-order valence-corrected chi connectivity index (χ0v) is 15.6. The molecule has 0 saturated carbocycles. The van der Waals surface area contributed by atoms with Crippen LogP contribution in [0.5, 0.6) is 5.75 Å². The first-order valence-electron chi connectivity index (χ1n) is 8.00. The molecule has 0 spiro atoms. The molecule has 1 amide bonds. The molecule has 0 aliphatic rings. The Morgan fingerprint density at radius 1 is 1.24 bits per heavy atom. The molecular weight excluding hydrogens is 334 g/mol. The molecule has 1 aromatic carbocycles. The highest BCUT2D eigenvalue weighted by atomic mass is 32.1. The molecule has 0 bridgehead atoms. The second kappa shape index (κ2) is 7.11. The van der Waals surface area contributed by atoms with E-state index in [2.05, 4.69) is 43.3 Å². The average molecular weight is 355 g/mol. The summed E-state index contributed by atoms with van der Waals surface area (Å²) in [5.74, 6) is 0.783. The van der Waals surface area contributed by atoms with Crippen molar-refractivity contribution in [3.63, 3.8) is 0 Å². The minimum Gasteiger partial charge on any atom is -0.488 e. The number of ether oxygens (including phenoxy) is 1. The van der Waals surface area contributed by atoms with E-state index in [4.69, 9.17) is 4.74 Å². The number of carbonyl (C=O) groups excluding carboxylic acids is 1. The van der Waals surface area contributed by atoms with E-state index in [1.165, 1.54) is 16.9 Å². The fraction of sp³-hybridized carbons (Fsp3) is 0.263. The van der Waals surface area contributed by atoms with Gasteiger partial charge in [-0.05, 0) is 43.3 Å². The van der Waals surface area contributed by atoms with Crippen LogP contribution in [0.1, 0.15) is 31.9 Å². The van der Waals surface area contributed by atoms with Crippen molar-refractivity contribution in [3.05, 3.63) is 63.1 Å². The zero-order chi connectivity index (χ0) is 18.0. The molecule has 0 saturated heterocycles. The number of nitrogens with zero attached hydrogens (tertiary/aromatic N) is 2. The lowest BCUT2D eigenvalue weighted by Crippen LogP contribution is -2.09. The summed E-state index contributed by atoms with van der Waals surface area (Å²) in [4.78, 5) is 12.9. The van der Waals surface area contributed by atoms with Crippen molar-refractivity contribution in [1.82, 2.24) is 9.78 Å². The van der Waals surface area contributed by atoms with Crippen LogP contribution in [-0.2, 0) is 13.7 Å². The van der Waals surface area contributed by atoms with E-state index < -0.39 is 0 Å². The second-order valence-electron chi connectivity index (χ2n) is 6.19. The predicted molar refractivity (Wildman–Crippen MR) is 100 cm³/mol. The molecule has 1 N–H and O–H groups in total. The molecule has 0 aliphatic heterocycles. The molecule has 5 nitrogen and oxygen atoms in total. The van der Waals surface area contributed by atoms with Crippen LogP contribution in [0.4, 0.5) is 5.69 Å². The highest BCUT2D eigenvalue weighted by molar-refractivity contribution is 7.12. The van der Waals surface area contributed by atoms with Gasteiger partial charge in [0.2, 0.25) is 0 Å². The Morgan fingerprint density at radius 2 is 1.96 bits per heavy atom. The third-order valence-electron chi connectivity index (χ3n) is 3.83. The van der Waals surface area contributed by atoms with Crippen LogP contribution in [0.25, 0.3) is 0 Å². The van der Waals surface area contributed by atoms with Gasteiger partial charge in [0.15, 0.2) is 0 Å². The zero-order valence-electron chi connectivity index (χ0n) is 14.8. The molecule has 6 heteroatoms. The largest absolute Gasteiger partial charge is 0.488 e. The minimum atomic E-state index is -0.132. The Balaban J connectivity index is 1.65. The lowest BCUT2D eigenvalue weighted by Gasteiger charge is -2.12. The summed E-state index contributed by atoms with van der Waals surface area (Å²) in [7, 11) is 1.81. The van der Waals surface area contributed by atoms with Gasteiger partial charge in [-0.2, -0.15) is 5.10 Å². The van der Waals surface area contributed by atoms with Crippen molar-refractivity contribution >= 4 is 22.9 Å². The van der Waals surface area contributed by atoms with Crippen LogP contribution >= 0.6 is 11.3 Å². The van der Waals surface area contributed by atoms with Crippen LogP contribution < -0.4 is 10.1 Å². The quantitative estimate of drug-likeness (QED) is 0.745. The van der Waals surface area contributed by atoms with Crippen molar-refractivity contribution in [2.75, 3.05) is 5.32 Å². The van der Waals surface area contributed by atoms with E-state index in [0.717, 1.165) is 22.4 Å². The number of thiophene rings is 1. The van der Waals surface area contributed by atoms with Gasteiger partial charge < -0.3 is 10.1 Å². The van der Waals surface area contributed by atoms with Crippen LogP contribution in [0, 0.1) is 20.8 Å². The minimum absolute atomic E-state index is 0.132. The number of amides is 1. The number of hydrogen-bond donors (Lipinski definition) is 1. The van der Waals surface area contributed by atoms with E-state index in [1.807, 2.05) is 18.5 Å². The molecular formula is C19H21N3O2S. The topological polar surface area (TPSA) is 56.1 Å². The molecule has 130 valence electrons. The molecule has 3 rings (SSSR count). The van der Waals surface area contributed by atoms with Gasteiger partial charge in [-0.3, -0.25) is 9.48 Å². The molecule has 2 aromatic heterocycles. The normalized spacial score (nSPS) is 10.7. The first-order chi connectivity index (χ1) is 11.9. The summed E-state index contributed by atoms with van der Waals surface area (Å²) >= 11 is 1.41. The lowest BCUT2D eigenvalue weighted by molar-refractivity contribution is 0.103. The van der Waals surface area contributed by atoms with Crippen LogP contribution in [-0.4, -0.2) is 15.7 Å². The van der Waals surface area contributed by atoms with Crippen LogP contribution in [0.3, 0.4) is 0 Å². The summed E-state index contributed by atoms with van der Waals surface area (Å²) in [6.07, 6.45) is 3.39. The number of benzene rings is 1. The van der Waals surface area contributed by atoms with Crippen molar-refractivity contribution < 1.29 is 9.53 Å². The number of rotatable bonds is 5.